The second-order valence-corrected chi connectivity index (χ2v) is 17.6. The van der Waals surface area contributed by atoms with Gasteiger partial charge in [-0.15, -0.1) is 11.3 Å². The molecule has 3 rings (SSSR count). The molecule has 2 amide bonds. The Morgan fingerprint density at radius 2 is 1.72 bits per heavy atom. The van der Waals surface area contributed by atoms with Crippen LogP contribution in [-0.2, 0) is 25.8 Å². The highest BCUT2D eigenvalue weighted by atomic mass is 32.2. The molecule has 0 bridgehead atoms. The van der Waals surface area contributed by atoms with Gasteiger partial charge in [-0.2, -0.15) is 0 Å². The third-order valence-electron chi connectivity index (χ3n) is 9.23. The topological polar surface area (TPSA) is 120 Å². The number of quaternary nitrogens is 1. The number of hydroxylamine groups is 2. The summed E-state index contributed by atoms with van der Waals surface area (Å²) in [6.45, 7) is 7.51. The van der Waals surface area contributed by atoms with Gasteiger partial charge in [0.1, 0.15) is 12.1 Å². The number of thiophene rings is 1. The molecule has 2 aliphatic carbocycles. The molecule has 0 spiro atoms. The van der Waals surface area contributed by atoms with Crippen molar-refractivity contribution in [2.75, 3.05) is 12.3 Å². The molecule has 2 fully saturated rings. The summed E-state index contributed by atoms with van der Waals surface area (Å²) in [6.07, 6.45) is 15.3. The predicted octanol–water partition coefficient (Wildman–Crippen LogP) is 5.30. The number of hydrogen-bond acceptors (Lipinski definition) is 7. The Labute approximate surface area is 264 Å². The number of rotatable bonds is 15. The van der Waals surface area contributed by atoms with Crippen molar-refractivity contribution in [3.05, 3.63) is 27.6 Å². The molecule has 2 aliphatic rings. The van der Waals surface area contributed by atoms with E-state index in [1.807, 2.05) is 24.4 Å². The van der Waals surface area contributed by atoms with Gasteiger partial charge in [0, 0.05) is 17.8 Å². The summed E-state index contributed by atoms with van der Waals surface area (Å²) in [5, 5.41) is 18.1. The highest BCUT2D eigenvalue weighted by Gasteiger charge is 2.37. The highest BCUT2D eigenvalue weighted by Crippen LogP contribution is 2.27. The van der Waals surface area contributed by atoms with Crippen molar-refractivity contribution >= 4 is 39.2 Å². The molecule has 1 aromatic heterocycles. The van der Waals surface area contributed by atoms with E-state index in [1.54, 1.807) is 27.0 Å². The lowest BCUT2D eigenvalue weighted by Crippen LogP contribution is -3.16. The van der Waals surface area contributed by atoms with Gasteiger partial charge in [-0.25, -0.2) is 13.2 Å². The minimum absolute atomic E-state index is 0.262. The molecule has 1 heterocycles. The fraction of sp³-hybridized carbons (Fsp3) is 0.788. The van der Waals surface area contributed by atoms with Gasteiger partial charge >= 0.3 is 5.91 Å². The molecule has 4 atom stereocenters. The molecule has 244 valence electrons. The van der Waals surface area contributed by atoms with E-state index >= 15 is 0 Å². The fourth-order valence-corrected chi connectivity index (χ4v) is 8.43. The van der Waals surface area contributed by atoms with Crippen LogP contribution in [0.2, 0.25) is 0 Å². The second-order valence-electron chi connectivity index (χ2n) is 13.8. The Kier molecular flexibility index (Phi) is 14.3. The number of carbonyl (C=O) groups is 2. The summed E-state index contributed by atoms with van der Waals surface area (Å²) in [5.74, 6) is -1.32. The van der Waals surface area contributed by atoms with Crippen LogP contribution in [0.4, 0.5) is 0 Å². The summed E-state index contributed by atoms with van der Waals surface area (Å²) in [6, 6.07) is 2.19. The normalized spacial score (nSPS) is 20.5. The molecule has 0 saturated heterocycles. The number of sulfone groups is 1. The van der Waals surface area contributed by atoms with Crippen LogP contribution in [0.5, 0.6) is 0 Å². The van der Waals surface area contributed by atoms with Gasteiger partial charge in [0.05, 0.1) is 22.6 Å². The maximum Gasteiger partial charge on any atom is 0.334 e. The van der Waals surface area contributed by atoms with E-state index in [0.717, 1.165) is 30.6 Å². The zero-order chi connectivity index (χ0) is 31.5. The number of aliphatic imine (C=N–C) groups is 1. The van der Waals surface area contributed by atoms with E-state index in [2.05, 4.69) is 5.32 Å². The quantitative estimate of drug-likeness (QED) is 0.200. The SMILES string of the molecule is CCC[C@H](NC(=O)[C@H](Cc1cccs1)CS(=O)(=O)C(C)(C)C)C(=O)[NH+]([O-])[C@H](C=NCC1CCCCC1)CC1CCCCC1. The molecule has 2 saturated carbocycles. The van der Waals surface area contributed by atoms with E-state index in [0.29, 0.717) is 37.6 Å². The fourth-order valence-electron chi connectivity index (χ4n) is 6.34. The molecular weight excluding hydrogens is 583 g/mol. The van der Waals surface area contributed by atoms with Crippen molar-refractivity contribution in [2.45, 2.75) is 134 Å². The maximum atomic E-state index is 13.8. The Bertz CT molecular complexity index is 1120. The summed E-state index contributed by atoms with van der Waals surface area (Å²) < 4.78 is 25.2. The number of hydrogen-bond donors (Lipinski definition) is 2. The van der Waals surface area contributed by atoms with Crippen LogP contribution < -0.4 is 10.4 Å². The summed E-state index contributed by atoms with van der Waals surface area (Å²) in [4.78, 5) is 33.0. The first-order chi connectivity index (χ1) is 20.4. The van der Waals surface area contributed by atoms with E-state index in [9.17, 15) is 23.2 Å². The van der Waals surface area contributed by atoms with Gasteiger partial charge in [-0.3, -0.25) is 9.79 Å². The third kappa shape index (κ3) is 11.4. The standard InChI is InChI=1S/C33H55N3O5S2/c1-5-13-30(35-31(37)27(21-29-18-12-19-42-29)24-43(40,41)33(2,3)4)32(38)36(39)28(20-25-14-8-6-9-15-25)23-34-22-26-16-10-7-11-17-26/h12,18-19,23,25-28,30,36H,5-11,13-17,20-22,24H2,1-4H3,(H,35,37)/t27-,28+,30+/m1/s1. The van der Waals surface area contributed by atoms with Crippen molar-refractivity contribution in [1.82, 2.24) is 5.32 Å². The van der Waals surface area contributed by atoms with Gasteiger partial charge in [-0.05, 0) is 69.7 Å². The predicted molar refractivity (Wildman–Crippen MR) is 176 cm³/mol. The monoisotopic (exact) mass is 637 g/mol. The van der Waals surface area contributed by atoms with Gasteiger partial charge in [0.2, 0.25) is 5.91 Å². The Balaban J connectivity index is 1.76. The van der Waals surface area contributed by atoms with Gasteiger partial charge in [0.15, 0.2) is 9.84 Å². The molecule has 1 aromatic rings. The minimum Gasteiger partial charge on any atom is -0.626 e. The summed E-state index contributed by atoms with van der Waals surface area (Å²) in [5.41, 5.74) is 0. The van der Waals surface area contributed by atoms with Crippen LogP contribution in [0, 0.1) is 23.0 Å². The molecule has 1 unspecified atom stereocenters. The summed E-state index contributed by atoms with van der Waals surface area (Å²) >= 11 is 1.47. The molecule has 8 nitrogen and oxygen atoms in total. The number of nitrogens with zero attached hydrogens (tertiary/aromatic N) is 1. The minimum atomic E-state index is -3.60. The van der Waals surface area contributed by atoms with Crippen molar-refractivity contribution in [3.8, 4) is 0 Å². The van der Waals surface area contributed by atoms with Crippen LogP contribution >= 0.6 is 11.3 Å². The van der Waals surface area contributed by atoms with Crippen molar-refractivity contribution in [2.24, 2.45) is 22.7 Å². The number of nitrogens with one attached hydrogen (secondary N) is 2. The first-order valence-electron chi connectivity index (χ1n) is 16.5. The molecule has 2 N–H and O–H groups in total. The van der Waals surface area contributed by atoms with Gasteiger partial charge < -0.3 is 15.6 Å². The molecule has 0 radical (unpaired) electrons. The van der Waals surface area contributed by atoms with Crippen LogP contribution in [0.15, 0.2) is 22.5 Å². The second kappa shape index (κ2) is 17.2. The Morgan fingerprint density at radius 3 is 2.28 bits per heavy atom. The molecule has 43 heavy (non-hydrogen) atoms. The van der Waals surface area contributed by atoms with E-state index in [-0.39, 0.29) is 12.2 Å². The summed E-state index contributed by atoms with van der Waals surface area (Å²) in [7, 11) is -3.60. The first kappa shape index (κ1) is 35.9. The molecule has 0 aliphatic heterocycles. The maximum absolute atomic E-state index is 13.8. The van der Waals surface area contributed by atoms with Crippen molar-refractivity contribution in [3.63, 3.8) is 0 Å². The lowest BCUT2D eigenvalue weighted by atomic mass is 9.85. The Hall–Kier alpha value is -1.62. The lowest BCUT2D eigenvalue weighted by molar-refractivity contribution is -0.783. The molecular formula is C33H55N3O5S2. The zero-order valence-electron chi connectivity index (χ0n) is 26.8. The van der Waals surface area contributed by atoms with Crippen molar-refractivity contribution in [1.29, 1.82) is 0 Å². The number of carbonyl (C=O) groups excluding carboxylic acids is 2. The average Bonchev–Trinajstić information content (AvgIpc) is 3.49. The van der Waals surface area contributed by atoms with Crippen LogP contribution in [0.1, 0.15) is 116 Å². The average molecular weight is 638 g/mol. The number of amides is 2. The zero-order valence-corrected chi connectivity index (χ0v) is 28.4. The smallest absolute Gasteiger partial charge is 0.334 e. The van der Waals surface area contributed by atoms with Crippen LogP contribution in [-0.4, -0.2) is 55.6 Å². The van der Waals surface area contributed by atoms with Crippen molar-refractivity contribution < 1.29 is 23.1 Å². The highest BCUT2D eigenvalue weighted by molar-refractivity contribution is 7.92. The third-order valence-corrected chi connectivity index (χ3v) is 12.8. The molecule has 10 heteroatoms. The van der Waals surface area contributed by atoms with Crippen LogP contribution in [0.3, 0.4) is 0 Å². The lowest BCUT2D eigenvalue weighted by Gasteiger charge is -2.33. The van der Waals surface area contributed by atoms with Gasteiger partial charge in [-0.1, -0.05) is 70.8 Å². The van der Waals surface area contributed by atoms with E-state index in [1.165, 1.54) is 49.9 Å². The molecule has 0 aromatic carbocycles. The van der Waals surface area contributed by atoms with Gasteiger partial charge in [0.25, 0.3) is 0 Å². The van der Waals surface area contributed by atoms with E-state index in [4.69, 9.17) is 4.99 Å². The van der Waals surface area contributed by atoms with Crippen LogP contribution in [0.25, 0.3) is 0 Å². The van der Waals surface area contributed by atoms with E-state index < -0.39 is 49.5 Å². The Morgan fingerprint density at radius 1 is 1.09 bits per heavy atom. The first-order valence-corrected chi connectivity index (χ1v) is 19.1. The largest absolute Gasteiger partial charge is 0.626 e.